The second kappa shape index (κ2) is 12.2. The van der Waals surface area contributed by atoms with E-state index in [1.165, 1.54) is 16.7 Å². The molecule has 226 valence electrons. The first-order valence-electron chi connectivity index (χ1n) is 14.8. The number of aromatic amines is 1. The number of aromatic nitrogens is 1. The molecule has 10 heteroatoms. The monoisotopic (exact) mass is 593 g/mol. The van der Waals surface area contributed by atoms with Gasteiger partial charge in [-0.15, -0.1) is 0 Å². The van der Waals surface area contributed by atoms with Crippen molar-refractivity contribution in [2.45, 2.75) is 44.6 Å². The van der Waals surface area contributed by atoms with Gasteiger partial charge in [0.05, 0.1) is 12.6 Å². The van der Waals surface area contributed by atoms with Crippen LogP contribution in [-0.2, 0) is 38.7 Å². The summed E-state index contributed by atoms with van der Waals surface area (Å²) in [6.07, 6.45) is -0.267. The molecule has 2 aliphatic rings. The lowest BCUT2D eigenvalue weighted by Gasteiger charge is -2.50. The molecule has 10 nitrogen and oxygen atoms in total. The van der Waals surface area contributed by atoms with E-state index >= 15 is 0 Å². The zero-order valence-corrected chi connectivity index (χ0v) is 24.7. The summed E-state index contributed by atoms with van der Waals surface area (Å²) in [6.45, 7) is 1.76. The average Bonchev–Trinajstić information content (AvgIpc) is 3.43. The molecule has 1 fully saturated rings. The number of para-hydroxylation sites is 1. The number of likely N-dealkylation sites (N-methyl/N-ethyl adjacent to an activating group) is 1. The lowest BCUT2D eigenvalue weighted by molar-refractivity contribution is -0.162. The van der Waals surface area contributed by atoms with Gasteiger partial charge in [-0.05, 0) is 22.8 Å². The number of amides is 4. The van der Waals surface area contributed by atoms with Crippen LogP contribution in [0.15, 0.2) is 84.9 Å². The van der Waals surface area contributed by atoms with E-state index in [4.69, 9.17) is 4.74 Å². The van der Waals surface area contributed by atoms with Crippen molar-refractivity contribution in [1.82, 2.24) is 25.0 Å². The van der Waals surface area contributed by atoms with E-state index in [-0.39, 0.29) is 44.0 Å². The maximum absolute atomic E-state index is 14.5. The number of carbonyl (C=O) groups is 4. The van der Waals surface area contributed by atoms with E-state index in [1.807, 2.05) is 84.9 Å². The second-order valence-electron chi connectivity index (χ2n) is 11.3. The van der Waals surface area contributed by atoms with Gasteiger partial charge in [0.15, 0.2) is 0 Å². The van der Waals surface area contributed by atoms with Gasteiger partial charge in [0.1, 0.15) is 18.7 Å². The van der Waals surface area contributed by atoms with Crippen LogP contribution in [0.25, 0.3) is 10.9 Å². The number of carbonyl (C=O) groups excluding carboxylic acids is 4. The number of hydrogen-bond acceptors (Lipinski definition) is 5. The minimum absolute atomic E-state index is 0.0656. The van der Waals surface area contributed by atoms with E-state index in [2.05, 4.69) is 10.3 Å². The summed E-state index contributed by atoms with van der Waals surface area (Å²) in [5.41, 5.74) is 4.39. The van der Waals surface area contributed by atoms with Gasteiger partial charge in [-0.2, -0.15) is 0 Å². The number of ether oxygens (including phenoxy) is 1. The van der Waals surface area contributed by atoms with E-state index < -0.39 is 24.2 Å². The molecule has 0 bridgehead atoms. The van der Waals surface area contributed by atoms with Crippen molar-refractivity contribution in [2.24, 2.45) is 0 Å². The minimum Gasteiger partial charge on any atom is -0.445 e. The molecular formula is C34H35N5O5. The Morgan fingerprint density at radius 1 is 0.955 bits per heavy atom. The van der Waals surface area contributed by atoms with Gasteiger partial charge in [-0.3, -0.25) is 14.4 Å². The molecule has 3 heterocycles. The van der Waals surface area contributed by atoms with Crippen LogP contribution in [0.1, 0.15) is 35.3 Å². The number of rotatable bonds is 7. The molecule has 2 N–H and O–H groups in total. The molecule has 6 rings (SSSR count). The molecule has 3 aromatic carbocycles. The molecule has 4 aromatic rings. The van der Waals surface area contributed by atoms with Crippen LogP contribution < -0.4 is 5.32 Å². The third kappa shape index (κ3) is 5.50. The Labute approximate surface area is 255 Å². The largest absolute Gasteiger partial charge is 0.445 e. The highest BCUT2D eigenvalue weighted by Crippen LogP contribution is 2.41. The SMILES string of the molecule is CNC(=O)[C@H]1Cc2c([nH]c3ccccc23)[C@@H]2CN(C(C)=O)[C@H](CN(Cc3ccccc3)C(=O)OCc3ccccc3)C(=O)N12. The molecular weight excluding hydrogens is 558 g/mol. The highest BCUT2D eigenvalue weighted by Gasteiger charge is 2.51. The van der Waals surface area contributed by atoms with E-state index in [0.29, 0.717) is 6.42 Å². The highest BCUT2D eigenvalue weighted by molar-refractivity contribution is 5.96. The van der Waals surface area contributed by atoms with Gasteiger partial charge in [-0.25, -0.2) is 4.79 Å². The van der Waals surface area contributed by atoms with Crippen LogP contribution in [0, 0.1) is 0 Å². The van der Waals surface area contributed by atoms with Crippen LogP contribution in [0.5, 0.6) is 0 Å². The number of nitrogens with zero attached hydrogens (tertiary/aromatic N) is 3. The molecule has 0 unspecified atom stereocenters. The maximum atomic E-state index is 14.5. The summed E-state index contributed by atoms with van der Waals surface area (Å²) < 4.78 is 5.69. The van der Waals surface area contributed by atoms with Crippen LogP contribution >= 0.6 is 0 Å². The molecule has 0 saturated carbocycles. The van der Waals surface area contributed by atoms with Gasteiger partial charge < -0.3 is 29.7 Å². The van der Waals surface area contributed by atoms with Gasteiger partial charge >= 0.3 is 6.09 Å². The fourth-order valence-corrected chi connectivity index (χ4v) is 6.42. The maximum Gasteiger partial charge on any atom is 0.410 e. The molecule has 1 aromatic heterocycles. The fraction of sp³-hybridized carbons (Fsp3) is 0.294. The molecule has 2 aliphatic heterocycles. The van der Waals surface area contributed by atoms with Crippen molar-refractivity contribution in [3.8, 4) is 0 Å². The predicted octanol–water partition coefficient (Wildman–Crippen LogP) is 3.78. The molecule has 4 amide bonds. The Kier molecular flexibility index (Phi) is 8.06. The summed E-state index contributed by atoms with van der Waals surface area (Å²) in [5, 5.41) is 3.72. The number of H-pyrrole nitrogens is 1. The number of fused-ring (bicyclic) bond motifs is 5. The summed E-state index contributed by atoms with van der Waals surface area (Å²) in [4.78, 5) is 62.5. The summed E-state index contributed by atoms with van der Waals surface area (Å²) >= 11 is 0. The van der Waals surface area contributed by atoms with Crippen molar-refractivity contribution >= 4 is 34.7 Å². The van der Waals surface area contributed by atoms with Gasteiger partial charge in [0.2, 0.25) is 17.7 Å². The van der Waals surface area contributed by atoms with E-state index in [9.17, 15) is 19.2 Å². The topological polar surface area (TPSA) is 115 Å². The Bertz CT molecular complexity index is 1690. The summed E-state index contributed by atoms with van der Waals surface area (Å²) in [5.74, 6) is -0.957. The van der Waals surface area contributed by atoms with Crippen LogP contribution in [0.3, 0.4) is 0 Å². The van der Waals surface area contributed by atoms with Crippen molar-refractivity contribution in [3.05, 3.63) is 107 Å². The quantitative estimate of drug-likeness (QED) is 0.339. The van der Waals surface area contributed by atoms with E-state index in [0.717, 1.165) is 33.3 Å². The Balaban J connectivity index is 1.34. The molecule has 0 radical (unpaired) electrons. The molecule has 44 heavy (non-hydrogen) atoms. The number of nitrogens with one attached hydrogen (secondary N) is 2. The normalized spacial score (nSPS) is 19.2. The first kappa shape index (κ1) is 29.0. The van der Waals surface area contributed by atoms with Crippen molar-refractivity contribution in [1.29, 1.82) is 0 Å². The van der Waals surface area contributed by atoms with E-state index in [1.54, 1.807) is 11.9 Å². The number of piperazine rings is 1. The Hall–Kier alpha value is -5.12. The predicted molar refractivity (Wildman–Crippen MR) is 164 cm³/mol. The zero-order chi connectivity index (χ0) is 30.8. The molecule has 3 atom stereocenters. The number of hydrogen-bond donors (Lipinski definition) is 2. The van der Waals surface area contributed by atoms with Gasteiger partial charge in [-0.1, -0.05) is 78.9 Å². The number of benzene rings is 3. The van der Waals surface area contributed by atoms with Gasteiger partial charge in [0, 0.05) is 50.1 Å². The van der Waals surface area contributed by atoms with Crippen molar-refractivity contribution < 1.29 is 23.9 Å². The highest BCUT2D eigenvalue weighted by atomic mass is 16.6. The van der Waals surface area contributed by atoms with Crippen LogP contribution in [0.2, 0.25) is 0 Å². The van der Waals surface area contributed by atoms with Crippen LogP contribution in [-0.4, -0.2) is 75.7 Å². The lowest BCUT2D eigenvalue weighted by Crippen LogP contribution is -2.67. The van der Waals surface area contributed by atoms with Crippen molar-refractivity contribution in [3.63, 3.8) is 0 Å². The first-order valence-corrected chi connectivity index (χ1v) is 14.8. The lowest BCUT2D eigenvalue weighted by atomic mass is 9.87. The average molecular weight is 594 g/mol. The molecule has 1 saturated heterocycles. The fourth-order valence-electron chi connectivity index (χ4n) is 6.42. The van der Waals surface area contributed by atoms with Crippen molar-refractivity contribution in [2.75, 3.05) is 20.1 Å². The zero-order valence-electron chi connectivity index (χ0n) is 24.7. The summed E-state index contributed by atoms with van der Waals surface area (Å²) in [6, 6.07) is 24.3. The standard InChI is InChI=1S/C34H35N5O5/c1-22(40)38-20-29-31-26(25-15-9-10-16-27(25)36-31)17-28(32(41)35-2)39(29)33(42)30(38)19-37(18-23-11-5-3-6-12-23)34(43)44-21-24-13-7-4-8-14-24/h3-16,28-30,36H,17-21H2,1-2H3,(H,35,41)/t28-,29+,30-/m1/s1. The summed E-state index contributed by atoms with van der Waals surface area (Å²) in [7, 11) is 1.56. The molecule has 0 spiro atoms. The molecule has 0 aliphatic carbocycles. The first-order chi connectivity index (χ1) is 21.4. The minimum atomic E-state index is -1.00. The third-order valence-corrected chi connectivity index (χ3v) is 8.56. The van der Waals surface area contributed by atoms with Crippen LogP contribution in [0.4, 0.5) is 4.79 Å². The Morgan fingerprint density at radius 2 is 1.61 bits per heavy atom. The third-order valence-electron chi connectivity index (χ3n) is 8.56. The second-order valence-corrected chi connectivity index (χ2v) is 11.3. The Morgan fingerprint density at radius 3 is 2.30 bits per heavy atom. The van der Waals surface area contributed by atoms with Gasteiger partial charge in [0.25, 0.3) is 0 Å². The smallest absolute Gasteiger partial charge is 0.410 e.